The molecule has 0 fully saturated rings. The molecule has 0 saturated heterocycles. The number of hydrogen-bond acceptors (Lipinski definition) is 6. The molecule has 0 radical (unpaired) electrons. The smallest absolute Gasteiger partial charge is 0.265 e. The molecule has 0 aliphatic carbocycles. The molecule has 4 rings (SSSR count). The fourth-order valence-electron chi connectivity index (χ4n) is 2.55. The van der Waals surface area contributed by atoms with Crippen LogP contribution in [-0.2, 0) is 11.3 Å². The molecule has 3 aromatic rings. The molecule has 1 atom stereocenters. The number of hydrogen-bond donors (Lipinski definition) is 1. The molecule has 1 aliphatic heterocycles. The van der Waals surface area contributed by atoms with Crippen molar-refractivity contribution >= 4 is 5.91 Å². The first-order valence-electron chi connectivity index (χ1n) is 7.81. The van der Waals surface area contributed by atoms with E-state index in [2.05, 4.69) is 15.3 Å². The van der Waals surface area contributed by atoms with E-state index in [9.17, 15) is 4.79 Å². The quantitative estimate of drug-likeness (QED) is 0.785. The fraction of sp³-hybridized carbons (Fsp3) is 0.167. The molecular weight excluding hydrogens is 322 g/mol. The summed E-state index contributed by atoms with van der Waals surface area (Å²) in [5, 5.41) is 2.81. The van der Waals surface area contributed by atoms with E-state index in [-0.39, 0.29) is 19.1 Å². The number of carbonyl (C=O) groups excluding carboxylic acids is 1. The SMILES string of the molecule is O=C(NCc1nccnc1-c1ccco1)C1COc2ccccc2O1. The van der Waals surface area contributed by atoms with Crippen LogP contribution in [0.2, 0.25) is 0 Å². The van der Waals surface area contributed by atoms with Gasteiger partial charge in [0.2, 0.25) is 6.10 Å². The molecule has 0 spiro atoms. The first-order valence-corrected chi connectivity index (χ1v) is 7.81. The Kier molecular flexibility index (Phi) is 4.04. The van der Waals surface area contributed by atoms with Crippen LogP contribution in [0.1, 0.15) is 5.69 Å². The van der Waals surface area contributed by atoms with Crippen molar-refractivity contribution in [3.05, 3.63) is 60.7 Å². The summed E-state index contributed by atoms with van der Waals surface area (Å²) in [6.45, 7) is 0.374. The van der Waals surface area contributed by atoms with Gasteiger partial charge >= 0.3 is 0 Å². The van der Waals surface area contributed by atoms with Crippen LogP contribution in [0.3, 0.4) is 0 Å². The third kappa shape index (κ3) is 3.16. The van der Waals surface area contributed by atoms with Crippen molar-refractivity contribution in [2.45, 2.75) is 12.6 Å². The van der Waals surface area contributed by atoms with E-state index in [4.69, 9.17) is 13.9 Å². The van der Waals surface area contributed by atoms with Crippen LogP contribution in [0.4, 0.5) is 0 Å². The number of benzene rings is 1. The highest BCUT2D eigenvalue weighted by molar-refractivity contribution is 5.81. The Balaban J connectivity index is 1.44. The zero-order chi connectivity index (χ0) is 17.1. The second-order valence-electron chi connectivity index (χ2n) is 5.41. The summed E-state index contributed by atoms with van der Waals surface area (Å²) in [5.74, 6) is 1.53. The molecule has 1 N–H and O–H groups in total. The van der Waals surface area contributed by atoms with Gasteiger partial charge in [0.25, 0.3) is 5.91 Å². The first kappa shape index (κ1) is 15.2. The molecular formula is C18H15N3O4. The Hall–Kier alpha value is -3.35. The average Bonchev–Trinajstić information content (AvgIpc) is 3.20. The van der Waals surface area contributed by atoms with Crippen LogP contribution < -0.4 is 14.8 Å². The molecule has 7 heteroatoms. The fourth-order valence-corrected chi connectivity index (χ4v) is 2.55. The van der Waals surface area contributed by atoms with Gasteiger partial charge in [-0.15, -0.1) is 0 Å². The topological polar surface area (TPSA) is 86.5 Å². The standard InChI is InChI=1S/C18H15N3O4/c22-18(16-11-24-13-4-1-2-5-14(13)25-16)21-10-12-17(20-8-7-19-12)15-6-3-9-23-15/h1-9,16H,10-11H2,(H,21,22). The lowest BCUT2D eigenvalue weighted by Crippen LogP contribution is -2.43. The number of furan rings is 1. The van der Waals surface area contributed by atoms with Crippen molar-refractivity contribution in [3.8, 4) is 23.0 Å². The number of carbonyl (C=O) groups is 1. The summed E-state index contributed by atoms with van der Waals surface area (Å²) < 4.78 is 16.6. The number of rotatable bonds is 4. The molecule has 3 heterocycles. The van der Waals surface area contributed by atoms with Gasteiger partial charge in [0.1, 0.15) is 12.3 Å². The maximum atomic E-state index is 12.4. The zero-order valence-electron chi connectivity index (χ0n) is 13.2. The van der Waals surface area contributed by atoms with Crippen LogP contribution in [0.5, 0.6) is 11.5 Å². The number of nitrogens with zero attached hydrogens (tertiary/aromatic N) is 2. The van der Waals surface area contributed by atoms with Crippen molar-refractivity contribution in [1.82, 2.24) is 15.3 Å². The van der Waals surface area contributed by atoms with Gasteiger partial charge in [0, 0.05) is 12.4 Å². The van der Waals surface area contributed by atoms with E-state index in [0.29, 0.717) is 28.6 Å². The minimum absolute atomic E-state index is 0.161. The van der Waals surface area contributed by atoms with Crippen molar-refractivity contribution in [3.63, 3.8) is 0 Å². The number of nitrogens with one attached hydrogen (secondary N) is 1. The maximum Gasteiger partial charge on any atom is 0.265 e. The monoisotopic (exact) mass is 337 g/mol. The molecule has 0 bridgehead atoms. The van der Waals surface area contributed by atoms with Crippen molar-refractivity contribution in [1.29, 1.82) is 0 Å². The highest BCUT2D eigenvalue weighted by Gasteiger charge is 2.27. The lowest BCUT2D eigenvalue weighted by molar-refractivity contribution is -0.130. The number of ether oxygens (including phenoxy) is 2. The third-order valence-electron chi connectivity index (χ3n) is 3.76. The lowest BCUT2D eigenvalue weighted by Gasteiger charge is -2.25. The van der Waals surface area contributed by atoms with Crippen molar-refractivity contribution in [2.24, 2.45) is 0 Å². The van der Waals surface area contributed by atoms with Gasteiger partial charge in [-0.25, -0.2) is 4.98 Å². The Morgan fingerprint density at radius 3 is 2.80 bits per heavy atom. The number of fused-ring (bicyclic) bond motifs is 1. The van der Waals surface area contributed by atoms with Gasteiger partial charge in [-0.3, -0.25) is 9.78 Å². The van der Waals surface area contributed by atoms with Gasteiger partial charge in [0.15, 0.2) is 17.3 Å². The summed E-state index contributed by atoms with van der Waals surface area (Å²) >= 11 is 0. The third-order valence-corrected chi connectivity index (χ3v) is 3.76. The Labute approximate surface area is 143 Å². The van der Waals surface area contributed by atoms with Gasteiger partial charge in [-0.05, 0) is 24.3 Å². The largest absolute Gasteiger partial charge is 0.485 e. The van der Waals surface area contributed by atoms with Gasteiger partial charge in [-0.2, -0.15) is 0 Å². The van der Waals surface area contributed by atoms with Gasteiger partial charge in [-0.1, -0.05) is 12.1 Å². The number of amides is 1. The predicted molar refractivity (Wildman–Crippen MR) is 87.9 cm³/mol. The summed E-state index contributed by atoms with van der Waals surface area (Å²) in [5.41, 5.74) is 1.21. The predicted octanol–water partition coefficient (Wildman–Crippen LogP) is 2.19. The normalized spacial score (nSPS) is 15.6. The summed E-state index contributed by atoms with van der Waals surface area (Å²) in [7, 11) is 0. The second-order valence-corrected chi connectivity index (χ2v) is 5.41. The molecule has 1 unspecified atom stereocenters. The zero-order valence-corrected chi connectivity index (χ0v) is 13.2. The molecule has 1 amide bonds. The first-order chi connectivity index (χ1) is 12.3. The molecule has 1 aliphatic rings. The molecule has 2 aromatic heterocycles. The van der Waals surface area contributed by atoms with Crippen LogP contribution >= 0.6 is 0 Å². The summed E-state index contributed by atoms with van der Waals surface area (Å²) in [6.07, 6.45) is 4.01. The average molecular weight is 337 g/mol. The van der Waals surface area contributed by atoms with Crippen LogP contribution in [-0.4, -0.2) is 28.6 Å². The Bertz CT molecular complexity index is 880. The van der Waals surface area contributed by atoms with Gasteiger partial charge in [0.05, 0.1) is 18.5 Å². The highest BCUT2D eigenvalue weighted by atomic mass is 16.6. The van der Waals surface area contributed by atoms with Crippen molar-refractivity contribution in [2.75, 3.05) is 6.61 Å². The van der Waals surface area contributed by atoms with Crippen molar-refractivity contribution < 1.29 is 18.7 Å². The van der Waals surface area contributed by atoms with E-state index in [1.165, 1.54) is 0 Å². The molecule has 25 heavy (non-hydrogen) atoms. The molecule has 7 nitrogen and oxygen atoms in total. The lowest BCUT2D eigenvalue weighted by atomic mass is 10.2. The van der Waals surface area contributed by atoms with E-state index in [0.717, 1.165) is 0 Å². The summed E-state index contributed by atoms with van der Waals surface area (Å²) in [4.78, 5) is 20.9. The van der Waals surface area contributed by atoms with Crippen LogP contribution in [0.15, 0.2) is 59.5 Å². The van der Waals surface area contributed by atoms with E-state index in [1.807, 2.05) is 12.1 Å². The second kappa shape index (κ2) is 6.64. The molecule has 126 valence electrons. The minimum atomic E-state index is -0.710. The minimum Gasteiger partial charge on any atom is -0.485 e. The Morgan fingerprint density at radius 2 is 1.96 bits per heavy atom. The number of aromatic nitrogens is 2. The van der Waals surface area contributed by atoms with E-state index >= 15 is 0 Å². The number of para-hydroxylation sites is 2. The van der Waals surface area contributed by atoms with Gasteiger partial charge < -0.3 is 19.2 Å². The maximum absolute atomic E-state index is 12.4. The van der Waals surface area contributed by atoms with Crippen LogP contribution in [0.25, 0.3) is 11.5 Å². The van der Waals surface area contributed by atoms with Crippen LogP contribution in [0, 0.1) is 0 Å². The molecule has 0 saturated carbocycles. The van der Waals surface area contributed by atoms with E-state index in [1.54, 1.807) is 42.9 Å². The summed E-state index contributed by atoms with van der Waals surface area (Å²) in [6, 6.07) is 10.8. The Morgan fingerprint density at radius 1 is 1.12 bits per heavy atom. The van der Waals surface area contributed by atoms with E-state index < -0.39 is 6.10 Å². The molecule has 1 aromatic carbocycles. The highest BCUT2D eigenvalue weighted by Crippen LogP contribution is 2.30.